The van der Waals surface area contributed by atoms with Gasteiger partial charge in [-0.1, -0.05) is 26.0 Å². The third-order valence-electron chi connectivity index (χ3n) is 4.38. The Morgan fingerprint density at radius 2 is 1.67 bits per heavy atom. The maximum absolute atomic E-state index is 5.82. The lowest BCUT2D eigenvalue weighted by Gasteiger charge is -2.12. The van der Waals surface area contributed by atoms with Crippen LogP contribution in [0.5, 0.6) is 11.5 Å². The summed E-state index contributed by atoms with van der Waals surface area (Å²) >= 11 is 0. The minimum absolute atomic E-state index is 0. The van der Waals surface area contributed by atoms with Crippen LogP contribution >= 0.6 is 0 Å². The summed E-state index contributed by atoms with van der Waals surface area (Å²) in [6, 6.07) is 13.9. The molecule has 1 N–H and O–H groups in total. The van der Waals surface area contributed by atoms with Gasteiger partial charge in [-0.3, -0.25) is 0 Å². The van der Waals surface area contributed by atoms with Crippen LogP contribution in [-0.2, 0) is 4.74 Å². The van der Waals surface area contributed by atoms with Crippen molar-refractivity contribution in [3.05, 3.63) is 59.8 Å². The number of rotatable bonds is 0. The molecule has 160 valence electrons. The van der Waals surface area contributed by atoms with E-state index in [0.29, 0.717) is 32.4 Å². The van der Waals surface area contributed by atoms with E-state index >= 15 is 0 Å². The summed E-state index contributed by atoms with van der Waals surface area (Å²) in [4.78, 5) is 9.17. The fraction of sp³-hybridized carbons (Fsp3) is 0.333. The summed E-state index contributed by atoms with van der Waals surface area (Å²) in [7, 11) is 0. The summed E-state index contributed by atoms with van der Waals surface area (Å²) in [5, 5.41) is 3.29. The van der Waals surface area contributed by atoms with E-state index < -0.39 is 0 Å². The van der Waals surface area contributed by atoms with Crippen molar-refractivity contribution in [2.45, 2.75) is 27.7 Å². The number of nitrogens with zero attached hydrogens (tertiary/aromatic N) is 2. The second-order valence-corrected chi connectivity index (χ2v) is 6.72. The van der Waals surface area contributed by atoms with Crippen molar-refractivity contribution >= 4 is 11.6 Å². The molecule has 2 aromatic carbocycles. The van der Waals surface area contributed by atoms with Gasteiger partial charge >= 0.3 is 0 Å². The normalized spacial score (nSPS) is 13.5. The number of aryl methyl sites for hydroxylation is 2. The maximum atomic E-state index is 5.82. The van der Waals surface area contributed by atoms with E-state index in [1.807, 2.05) is 76.4 Å². The molecule has 30 heavy (non-hydrogen) atoms. The maximum Gasteiger partial charge on any atom is 0.227 e. The van der Waals surface area contributed by atoms with Crippen molar-refractivity contribution in [2.24, 2.45) is 0 Å². The van der Waals surface area contributed by atoms with Gasteiger partial charge in [0.1, 0.15) is 24.7 Å². The van der Waals surface area contributed by atoms with Crippen molar-refractivity contribution in [1.82, 2.24) is 9.97 Å². The number of benzene rings is 2. The summed E-state index contributed by atoms with van der Waals surface area (Å²) < 4.78 is 17.2. The molecule has 0 fully saturated rings. The number of fused-ring (bicyclic) bond motifs is 7. The molecule has 0 unspecified atom stereocenters. The molecular weight excluding hydrogens is 378 g/mol. The van der Waals surface area contributed by atoms with Crippen molar-refractivity contribution in [1.29, 1.82) is 0 Å². The molecular formula is C24H31N3O3. The van der Waals surface area contributed by atoms with Gasteiger partial charge in [0.05, 0.1) is 18.9 Å². The van der Waals surface area contributed by atoms with Gasteiger partial charge in [-0.25, -0.2) is 9.97 Å². The number of aromatic nitrogens is 2. The number of ether oxygens (including phenoxy) is 3. The van der Waals surface area contributed by atoms with Crippen molar-refractivity contribution in [2.75, 3.05) is 31.7 Å². The van der Waals surface area contributed by atoms with Gasteiger partial charge in [0.15, 0.2) is 0 Å². The lowest BCUT2D eigenvalue weighted by atomic mass is 10.1. The van der Waals surface area contributed by atoms with Gasteiger partial charge in [-0.2, -0.15) is 0 Å². The Hall–Kier alpha value is -3.12. The number of nitrogens with one attached hydrogen (secondary N) is 1. The average molecular weight is 410 g/mol. The molecule has 4 rings (SSSR count). The zero-order chi connectivity index (χ0) is 21.3. The highest BCUT2D eigenvalue weighted by Gasteiger charge is 2.10. The average Bonchev–Trinajstić information content (AvgIpc) is 2.75. The number of anilines is 2. The lowest BCUT2D eigenvalue weighted by Crippen LogP contribution is -2.12. The molecule has 0 spiro atoms. The smallest absolute Gasteiger partial charge is 0.227 e. The first kappa shape index (κ1) is 21.6. The van der Waals surface area contributed by atoms with Gasteiger partial charge in [-0.05, 0) is 49.2 Å². The van der Waals surface area contributed by atoms with Crippen LogP contribution in [0.2, 0.25) is 0 Å². The molecule has 2 heterocycles. The Morgan fingerprint density at radius 1 is 0.900 bits per heavy atom. The first-order valence-corrected chi connectivity index (χ1v) is 10.3. The highest BCUT2D eigenvalue weighted by molar-refractivity contribution is 5.67. The van der Waals surface area contributed by atoms with Gasteiger partial charge in [0.2, 0.25) is 5.95 Å². The Kier molecular flexibility index (Phi) is 7.63. The van der Waals surface area contributed by atoms with E-state index in [2.05, 4.69) is 10.3 Å². The predicted molar refractivity (Wildman–Crippen MR) is 122 cm³/mol. The van der Waals surface area contributed by atoms with Crippen LogP contribution < -0.4 is 14.8 Å². The van der Waals surface area contributed by atoms with Crippen LogP contribution in [0.1, 0.15) is 26.4 Å². The van der Waals surface area contributed by atoms with E-state index in [-0.39, 0.29) is 1.43 Å². The highest BCUT2D eigenvalue weighted by Crippen LogP contribution is 2.27. The second-order valence-electron chi connectivity index (χ2n) is 6.72. The zero-order valence-corrected chi connectivity index (χ0v) is 18.1. The van der Waals surface area contributed by atoms with Gasteiger partial charge in [0, 0.05) is 24.9 Å². The molecule has 0 aliphatic carbocycles. The molecule has 0 atom stereocenters. The van der Waals surface area contributed by atoms with Crippen molar-refractivity contribution < 1.29 is 15.6 Å². The van der Waals surface area contributed by atoms with E-state index in [1.165, 1.54) is 0 Å². The summed E-state index contributed by atoms with van der Waals surface area (Å²) in [6.45, 7) is 9.99. The molecule has 6 bridgehead atoms. The van der Waals surface area contributed by atoms with Crippen LogP contribution in [0.4, 0.5) is 11.6 Å². The Balaban J connectivity index is 0.00000111. The third kappa shape index (κ3) is 5.70. The molecule has 1 aliphatic rings. The van der Waals surface area contributed by atoms with E-state index in [1.54, 1.807) is 0 Å². The van der Waals surface area contributed by atoms with Crippen LogP contribution in [-0.4, -0.2) is 36.4 Å². The van der Waals surface area contributed by atoms with Crippen molar-refractivity contribution in [3.8, 4) is 22.8 Å². The molecule has 1 aromatic heterocycles. The minimum atomic E-state index is 0. The van der Waals surface area contributed by atoms with Crippen molar-refractivity contribution in [3.63, 3.8) is 0 Å². The van der Waals surface area contributed by atoms with E-state index in [0.717, 1.165) is 39.6 Å². The molecule has 0 amide bonds. The second kappa shape index (κ2) is 10.6. The van der Waals surface area contributed by atoms with Crippen LogP contribution in [0.15, 0.2) is 48.7 Å². The lowest BCUT2D eigenvalue weighted by molar-refractivity contribution is 0.0764. The molecule has 3 aromatic rings. The standard InChI is InChI=1S/C22H23N3O3.C2H6.H2/c1-15-10-18-13-20(11-15)28-9-7-26-6-8-27-19-5-3-4-17(12-19)21-16(2)14-23-22(24-18)25-21;1-2;/h3-5,10-14H,6-9H2,1-2H3,(H,23,24,25);1-2H3;1H. The van der Waals surface area contributed by atoms with Gasteiger partial charge < -0.3 is 19.5 Å². The minimum Gasteiger partial charge on any atom is -0.491 e. The Labute approximate surface area is 179 Å². The van der Waals surface area contributed by atoms with Crippen LogP contribution in [0.3, 0.4) is 0 Å². The Morgan fingerprint density at radius 3 is 2.47 bits per heavy atom. The van der Waals surface area contributed by atoms with E-state index in [4.69, 9.17) is 19.2 Å². The molecule has 0 saturated carbocycles. The number of hydrogen-bond acceptors (Lipinski definition) is 6. The molecule has 6 nitrogen and oxygen atoms in total. The quantitative estimate of drug-likeness (QED) is 0.524. The topological polar surface area (TPSA) is 65.5 Å². The summed E-state index contributed by atoms with van der Waals surface area (Å²) in [5.74, 6) is 2.11. The largest absolute Gasteiger partial charge is 0.491 e. The van der Waals surface area contributed by atoms with Crippen LogP contribution in [0, 0.1) is 13.8 Å². The molecule has 6 heteroatoms. The fourth-order valence-electron chi connectivity index (χ4n) is 3.10. The molecule has 0 saturated heterocycles. The SMILES string of the molecule is CC.Cc1cc2cc(c1)OCCOCCOc1cccc(c1)-c1nc(ncc1C)N2.[HH]. The third-order valence-corrected chi connectivity index (χ3v) is 4.38. The highest BCUT2D eigenvalue weighted by atomic mass is 16.5. The van der Waals surface area contributed by atoms with Gasteiger partial charge in [0.25, 0.3) is 0 Å². The Bertz CT molecular complexity index is 982. The predicted octanol–water partition coefficient (Wildman–Crippen LogP) is 5.56. The summed E-state index contributed by atoms with van der Waals surface area (Å²) in [6.07, 6.45) is 1.83. The number of hydrogen-bond donors (Lipinski definition) is 1. The zero-order valence-electron chi connectivity index (χ0n) is 18.1. The first-order chi connectivity index (χ1) is 14.7. The van der Waals surface area contributed by atoms with Crippen LogP contribution in [0.25, 0.3) is 11.3 Å². The van der Waals surface area contributed by atoms with Gasteiger partial charge in [-0.15, -0.1) is 0 Å². The summed E-state index contributed by atoms with van der Waals surface area (Å²) in [5.41, 5.74) is 4.82. The van der Waals surface area contributed by atoms with E-state index in [9.17, 15) is 0 Å². The monoisotopic (exact) mass is 409 g/mol. The molecule has 0 radical (unpaired) electrons. The first-order valence-electron chi connectivity index (χ1n) is 10.3. The molecule has 1 aliphatic heterocycles. The fourth-order valence-corrected chi connectivity index (χ4v) is 3.10.